The van der Waals surface area contributed by atoms with E-state index in [4.69, 9.17) is 0 Å². The van der Waals surface area contributed by atoms with Crippen molar-refractivity contribution in [2.24, 2.45) is 0 Å². The summed E-state index contributed by atoms with van der Waals surface area (Å²) in [6.07, 6.45) is 3.24. The summed E-state index contributed by atoms with van der Waals surface area (Å²) in [6, 6.07) is 20.0. The average Bonchev–Trinajstić information content (AvgIpc) is 2.84. The van der Waals surface area contributed by atoms with Gasteiger partial charge in [-0.2, -0.15) is 0 Å². The van der Waals surface area contributed by atoms with Gasteiger partial charge < -0.3 is 9.80 Å². The van der Waals surface area contributed by atoms with Gasteiger partial charge in [0.2, 0.25) is 0 Å². The van der Waals surface area contributed by atoms with Gasteiger partial charge in [-0.25, -0.2) is 0 Å². The zero-order valence-electron chi connectivity index (χ0n) is 18.5. The Balaban J connectivity index is 1.32. The Kier molecular flexibility index (Phi) is 5.25. The minimum Gasteiger partial charge on any atom is -0.331 e. The maximum atomic E-state index is 13.2. The summed E-state index contributed by atoms with van der Waals surface area (Å²) in [6.45, 7) is 5.48. The fourth-order valence-electron chi connectivity index (χ4n) is 5.06. The topological polar surface area (TPSA) is 53.5 Å². The lowest BCUT2D eigenvalue weighted by molar-refractivity contribution is 0.0660. The highest BCUT2D eigenvalue weighted by Crippen LogP contribution is 2.31. The highest BCUT2D eigenvalue weighted by molar-refractivity contribution is 5.96. The van der Waals surface area contributed by atoms with Gasteiger partial charge >= 0.3 is 0 Å². The molecule has 5 rings (SSSR count). The Hall–Kier alpha value is -3.47. The molecular formula is C27H27N3O2. The number of amides is 2. The van der Waals surface area contributed by atoms with Crippen LogP contribution < -0.4 is 0 Å². The standard InChI is InChI=1S/C27H27N3O2/c1-18-23-9-5-3-7-20(23)13-15-29(18)26(31)22-11-12-25(28-17-22)27(32)30-16-14-21-8-4-6-10-24(21)19(30)2/h3-12,17-19H,13-16H2,1-2H3. The fourth-order valence-corrected chi connectivity index (χ4v) is 5.06. The molecule has 2 aliphatic rings. The van der Waals surface area contributed by atoms with Crippen LogP contribution in [0, 0.1) is 0 Å². The van der Waals surface area contributed by atoms with Crippen LogP contribution in [-0.2, 0) is 12.8 Å². The van der Waals surface area contributed by atoms with Gasteiger partial charge in [0.1, 0.15) is 5.69 Å². The highest BCUT2D eigenvalue weighted by Gasteiger charge is 2.30. The smallest absolute Gasteiger partial charge is 0.272 e. The maximum absolute atomic E-state index is 13.2. The van der Waals surface area contributed by atoms with E-state index in [0.29, 0.717) is 24.3 Å². The van der Waals surface area contributed by atoms with Gasteiger partial charge in [-0.3, -0.25) is 14.6 Å². The van der Waals surface area contributed by atoms with Gasteiger partial charge in [0.05, 0.1) is 17.6 Å². The first-order valence-electron chi connectivity index (χ1n) is 11.3. The van der Waals surface area contributed by atoms with Crippen molar-refractivity contribution in [2.45, 2.75) is 38.8 Å². The monoisotopic (exact) mass is 425 g/mol. The second-order valence-corrected chi connectivity index (χ2v) is 8.68. The van der Waals surface area contributed by atoms with Crippen LogP contribution >= 0.6 is 0 Å². The number of carbonyl (C=O) groups is 2. The molecule has 2 amide bonds. The zero-order chi connectivity index (χ0) is 22.2. The van der Waals surface area contributed by atoms with Crippen LogP contribution in [0.3, 0.4) is 0 Å². The van der Waals surface area contributed by atoms with Crippen LogP contribution in [0.25, 0.3) is 0 Å². The number of aromatic nitrogens is 1. The molecule has 5 nitrogen and oxygen atoms in total. The number of pyridine rings is 1. The number of nitrogens with zero attached hydrogens (tertiary/aromatic N) is 3. The summed E-state index contributed by atoms with van der Waals surface area (Å²) in [7, 11) is 0. The lowest BCUT2D eigenvalue weighted by atomic mass is 9.93. The van der Waals surface area contributed by atoms with Crippen LogP contribution in [0.15, 0.2) is 66.9 Å². The predicted octanol–water partition coefficient (Wildman–Crippen LogP) is 4.60. The Morgan fingerprint density at radius 1 is 0.750 bits per heavy atom. The molecule has 2 aliphatic heterocycles. The van der Waals surface area contributed by atoms with Crippen molar-refractivity contribution < 1.29 is 9.59 Å². The Morgan fingerprint density at radius 2 is 1.28 bits per heavy atom. The van der Waals surface area contributed by atoms with E-state index in [-0.39, 0.29) is 23.9 Å². The summed E-state index contributed by atoms with van der Waals surface area (Å²) in [5.41, 5.74) is 5.90. The molecule has 2 unspecified atom stereocenters. The summed E-state index contributed by atoms with van der Waals surface area (Å²) < 4.78 is 0. The second-order valence-electron chi connectivity index (χ2n) is 8.68. The first-order chi connectivity index (χ1) is 15.5. The molecule has 162 valence electrons. The molecule has 0 spiro atoms. The Bertz CT molecular complexity index is 1080. The van der Waals surface area contributed by atoms with E-state index in [9.17, 15) is 9.59 Å². The summed E-state index contributed by atoms with van der Waals surface area (Å²) in [4.78, 5) is 34.5. The van der Waals surface area contributed by atoms with Crippen LogP contribution in [0.5, 0.6) is 0 Å². The first kappa shape index (κ1) is 20.4. The van der Waals surface area contributed by atoms with Crippen LogP contribution in [0.4, 0.5) is 0 Å². The molecule has 0 aliphatic carbocycles. The van der Waals surface area contributed by atoms with E-state index in [1.54, 1.807) is 18.3 Å². The van der Waals surface area contributed by atoms with Crippen molar-refractivity contribution in [1.82, 2.24) is 14.8 Å². The molecule has 0 saturated heterocycles. The first-order valence-corrected chi connectivity index (χ1v) is 11.3. The fraction of sp³-hybridized carbons (Fsp3) is 0.296. The SMILES string of the molecule is CC1c2ccccc2CCN1C(=O)c1ccc(C(=O)N2CCc3ccccc3C2C)nc1. The highest BCUT2D eigenvalue weighted by atomic mass is 16.2. The van der Waals surface area contributed by atoms with Crippen molar-refractivity contribution in [1.29, 1.82) is 0 Å². The van der Waals surface area contributed by atoms with Crippen LogP contribution in [0.2, 0.25) is 0 Å². The Morgan fingerprint density at radius 3 is 1.81 bits per heavy atom. The third-order valence-corrected chi connectivity index (χ3v) is 6.94. The molecule has 32 heavy (non-hydrogen) atoms. The third-order valence-electron chi connectivity index (χ3n) is 6.94. The van der Waals surface area contributed by atoms with Crippen molar-refractivity contribution in [3.05, 3.63) is 100 Å². The maximum Gasteiger partial charge on any atom is 0.272 e. The molecule has 2 aromatic carbocycles. The van der Waals surface area contributed by atoms with Gasteiger partial charge in [0, 0.05) is 19.3 Å². The van der Waals surface area contributed by atoms with Crippen LogP contribution in [0.1, 0.15) is 69.0 Å². The third kappa shape index (κ3) is 3.48. The molecule has 0 bridgehead atoms. The lowest BCUT2D eigenvalue weighted by Gasteiger charge is -2.35. The quantitative estimate of drug-likeness (QED) is 0.603. The van der Waals surface area contributed by atoms with Crippen molar-refractivity contribution >= 4 is 11.8 Å². The number of hydrogen-bond donors (Lipinski definition) is 0. The van der Waals surface area contributed by atoms with Crippen molar-refractivity contribution in [3.8, 4) is 0 Å². The summed E-state index contributed by atoms with van der Waals surface area (Å²) in [5, 5.41) is 0. The normalized spacial score (nSPS) is 19.8. The molecular weight excluding hydrogens is 398 g/mol. The van der Waals surface area contributed by atoms with Gasteiger partial charge in [-0.1, -0.05) is 48.5 Å². The van der Waals surface area contributed by atoms with Gasteiger partial charge in [-0.05, 0) is 61.1 Å². The molecule has 5 heteroatoms. The number of rotatable bonds is 2. The summed E-state index contributed by atoms with van der Waals surface area (Å²) in [5.74, 6) is -0.134. The van der Waals surface area contributed by atoms with E-state index in [0.717, 1.165) is 12.8 Å². The zero-order valence-corrected chi connectivity index (χ0v) is 18.5. The molecule has 2 atom stereocenters. The average molecular weight is 426 g/mol. The second kappa shape index (κ2) is 8.23. The number of benzene rings is 2. The minimum atomic E-state index is -0.0914. The summed E-state index contributed by atoms with van der Waals surface area (Å²) >= 11 is 0. The predicted molar refractivity (Wildman–Crippen MR) is 123 cm³/mol. The number of fused-ring (bicyclic) bond motifs is 2. The van der Waals surface area contributed by atoms with Crippen molar-refractivity contribution in [3.63, 3.8) is 0 Å². The van der Waals surface area contributed by atoms with E-state index < -0.39 is 0 Å². The Labute approximate surface area is 188 Å². The molecule has 0 fully saturated rings. The molecule has 3 heterocycles. The van der Waals surface area contributed by atoms with Gasteiger partial charge in [-0.15, -0.1) is 0 Å². The molecule has 3 aromatic rings. The minimum absolute atomic E-state index is 0.00447. The van der Waals surface area contributed by atoms with Crippen LogP contribution in [-0.4, -0.2) is 39.7 Å². The van der Waals surface area contributed by atoms with E-state index >= 15 is 0 Å². The lowest BCUT2D eigenvalue weighted by Crippen LogP contribution is -2.40. The van der Waals surface area contributed by atoms with Gasteiger partial charge in [0.15, 0.2) is 0 Å². The van der Waals surface area contributed by atoms with Crippen molar-refractivity contribution in [2.75, 3.05) is 13.1 Å². The van der Waals surface area contributed by atoms with Gasteiger partial charge in [0.25, 0.3) is 11.8 Å². The number of hydrogen-bond acceptors (Lipinski definition) is 3. The van der Waals surface area contributed by atoms with E-state index in [1.807, 2.05) is 34.1 Å². The molecule has 0 N–H and O–H groups in total. The van der Waals surface area contributed by atoms with E-state index in [1.165, 1.54) is 22.3 Å². The van der Waals surface area contributed by atoms with E-state index in [2.05, 4.69) is 43.1 Å². The molecule has 1 aromatic heterocycles. The number of carbonyl (C=O) groups excluding carboxylic acids is 2. The molecule has 0 saturated carbocycles. The largest absolute Gasteiger partial charge is 0.331 e. The molecule has 0 radical (unpaired) electrons.